The van der Waals surface area contributed by atoms with Crippen LogP contribution in [-0.2, 0) is 14.3 Å². The van der Waals surface area contributed by atoms with Gasteiger partial charge in [-0.3, -0.25) is 4.79 Å². The van der Waals surface area contributed by atoms with Crippen molar-refractivity contribution in [3.8, 4) is 0 Å². The first kappa shape index (κ1) is 11.7. The van der Waals surface area contributed by atoms with Crippen molar-refractivity contribution in [3.63, 3.8) is 0 Å². The maximum absolute atomic E-state index is 11.8. The fourth-order valence-corrected chi connectivity index (χ4v) is 2.32. The number of ketones is 1. The Morgan fingerprint density at radius 2 is 2.21 bits per heavy atom. The minimum Gasteiger partial charge on any atom is -0.377 e. The summed E-state index contributed by atoms with van der Waals surface area (Å²) in [6.07, 6.45) is 3.96. The highest BCUT2D eigenvalue weighted by molar-refractivity contribution is 5.88. The zero-order valence-corrected chi connectivity index (χ0v) is 9.34. The van der Waals surface area contributed by atoms with Gasteiger partial charge in [0.1, 0.15) is 12.2 Å². The van der Waals surface area contributed by atoms with Crippen molar-refractivity contribution in [2.24, 2.45) is 5.92 Å². The first-order valence-corrected chi connectivity index (χ1v) is 5.22. The lowest BCUT2D eigenvalue weighted by atomic mass is 9.76. The third-order valence-electron chi connectivity index (χ3n) is 3.13. The van der Waals surface area contributed by atoms with Gasteiger partial charge in [0.15, 0.2) is 5.78 Å². The number of Topliss-reactive ketones (excluding diaryl/α,β-unsaturated/α-hetero) is 1. The minimum absolute atomic E-state index is 0.0917. The summed E-state index contributed by atoms with van der Waals surface area (Å²) in [6, 6.07) is 0. The maximum Gasteiger partial charge on any atom is 0.190 e. The van der Waals surface area contributed by atoms with Gasteiger partial charge in [0, 0.05) is 14.2 Å². The Hall–Kier alpha value is -0.410. The molecule has 0 aromatic rings. The van der Waals surface area contributed by atoms with Gasteiger partial charge in [0.2, 0.25) is 0 Å². The molecule has 0 aliphatic heterocycles. The smallest absolute Gasteiger partial charge is 0.190 e. The van der Waals surface area contributed by atoms with Crippen LogP contribution in [-0.4, -0.2) is 32.2 Å². The van der Waals surface area contributed by atoms with Gasteiger partial charge in [-0.2, -0.15) is 0 Å². The van der Waals surface area contributed by atoms with E-state index in [4.69, 9.17) is 9.47 Å². The molecule has 2 unspecified atom stereocenters. The molecule has 0 heterocycles. The number of carbonyl (C=O) groups is 1. The van der Waals surface area contributed by atoms with Gasteiger partial charge in [0.25, 0.3) is 0 Å². The average Bonchev–Trinajstić information content (AvgIpc) is 2.18. The molecule has 0 spiro atoms. The van der Waals surface area contributed by atoms with E-state index in [1.807, 2.05) is 0 Å². The second kappa shape index (κ2) is 4.89. The van der Waals surface area contributed by atoms with E-state index in [1.165, 1.54) is 6.42 Å². The van der Waals surface area contributed by atoms with Gasteiger partial charge >= 0.3 is 0 Å². The van der Waals surface area contributed by atoms with Crippen LogP contribution in [0.4, 0.5) is 0 Å². The molecule has 0 N–H and O–H groups in total. The van der Waals surface area contributed by atoms with E-state index < -0.39 is 5.60 Å². The molecule has 3 nitrogen and oxygen atoms in total. The fraction of sp³-hybridized carbons (Fsp3) is 0.909. The van der Waals surface area contributed by atoms with Crippen LogP contribution >= 0.6 is 0 Å². The Balaban J connectivity index is 2.68. The van der Waals surface area contributed by atoms with Crippen LogP contribution in [0.25, 0.3) is 0 Å². The minimum atomic E-state index is -0.562. The second-order valence-corrected chi connectivity index (χ2v) is 4.26. The molecule has 0 aromatic heterocycles. The quantitative estimate of drug-likeness (QED) is 0.694. The summed E-state index contributed by atoms with van der Waals surface area (Å²) in [5, 5.41) is 0. The highest BCUT2D eigenvalue weighted by Gasteiger charge is 2.41. The van der Waals surface area contributed by atoms with Crippen molar-refractivity contribution in [2.75, 3.05) is 20.8 Å². The number of hydrogen-bond donors (Lipinski definition) is 0. The van der Waals surface area contributed by atoms with Crippen LogP contribution in [0.3, 0.4) is 0 Å². The maximum atomic E-state index is 11.8. The molecule has 1 rings (SSSR count). The van der Waals surface area contributed by atoms with Gasteiger partial charge in [-0.15, -0.1) is 0 Å². The van der Waals surface area contributed by atoms with Crippen LogP contribution in [0.2, 0.25) is 0 Å². The van der Waals surface area contributed by atoms with Gasteiger partial charge in [0.05, 0.1) is 0 Å². The van der Waals surface area contributed by atoms with Crippen LogP contribution in [0.15, 0.2) is 0 Å². The van der Waals surface area contributed by atoms with E-state index in [0.717, 1.165) is 19.3 Å². The van der Waals surface area contributed by atoms with E-state index in [0.29, 0.717) is 5.92 Å². The summed E-state index contributed by atoms with van der Waals surface area (Å²) >= 11 is 0. The summed E-state index contributed by atoms with van der Waals surface area (Å²) in [7, 11) is 3.18. The van der Waals surface area contributed by atoms with Gasteiger partial charge in [-0.1, -0.05) is 13.3 Å². The molecular formula is C11H20O3. The molecule has 3 heteroatoms. The zero-order valence-electron chi connectivity index (χ0n) is 9.34. The predicted molar refractivity (Wildman–Crippen MR) is 54.3 cm³/mol. The van der Waals surface area contributed by atoms with E-state index in [1.54, 1.807) is 14.2 Å². The van der Waals surface area contributed by atoms with Gasteiger partial charge in [-0.25, -0.2) is 0 Å². The van der Waals surface area contributed by atoms with E-state index >= 15 is 0 Å². The summed E-state index contributed by atoms with van der Waals surface area (Å²) in [5.74, 6) is 0.665. The predicted octanol–water partition coefficient (Wildman–Crippen LogP) is 1.80. The first-order valence-electron chi connectivity index (χ1n) is 5.22. The van der Waals surface area contributed by atoms with Crippen LogP contribution in [0.1, 0.15) is 32.6 Å². The monoisotopic (exact) mass is 200 g/mol. The van der Waals surface area contributed by atoms with Crippen molar-refractivity contribution in [2.45, 2.75) is 38.2 Å². The third-order valence-corrected chi connectivity index (χ3v) is 3.13. The summed E-state index contributed by atoms with van der Waals surface area (Å²) in [5.41, 5.74) is -0.562. The lowest BCUT2D eigenvalue weighted by Gasteiger charge is -2.37. The molecule has 1 saturated carbocycles. The van der Waals surface area contributed by atoms with Gasteiger partial charge in [-0.05, 0) is 25.2 Å². The van der Waals surface area contributed by atoms with E-state index in [9.17, 15) is 4.79 Å². The van der Waals surface area contributed by atoms with Crippen molar-refractivity contribution >= 4 is 5.78 Å². The van der Waals surface area contributed by atoms with Crippen molar-refractivity contribution in [1.29, 1.82) is 0 Å². The number of rotatable bonds is 4. The average molecular weight is 200 g/mol. The number of carbonyl (C=O) groups excluding carboxylic acids is 1. The number of ether oxygens (including phenoxy) is 2. The van der Waals surface area contributed by atoms with Crippen LogP contribution in [0.5, 0.6) is 0 Å². The summed E-state index contributed by atoms with van der Waals surface area (Å²) < 4.78 is 10.3. The molecule has 1 aliphatic rings. The van der Waals surface area contributed by atoms with Crippen molar-refractivity contribution < 1.29 is 14.3 Å². The molecular weight excluding hydrogens is 180 g/mol. The van der Waals surface area contributed by atoms with Gasteiger partial charge < -0.3 is 9.47 Å². The molecule has 14 heavy (non-hydrogen) atoms. The van der Waals surface area contributed by atoms with E-state index in [-0.39, 0.29) is 12.4 Å². The molecule has 1 aliphatic carbocycles. The summed E-state index contributed by atoms with van der Waals surface area (Å²) in [4.78, 5) is 11.8. The molecule has 1 fully saturated rings. The lowest BCUT2D eigenvalue weighted by molar-refractivity contribution is -0.150. The standard InChI is InChI=1S/C11H20O3/c1-9-5-4-6-11(7-9,14-3)10(12)8-13-2/h9H,4-8H2,1-3H3. The Bertz CT molecular complexity index is 203. The number of hydrogen-bond acceptors (Lipinski definition) is 3. The Morgan fingerprint density at radius 3 is 2.71 bits per heavy atom. The van der Waals surface area contributed by atoms with E-state index in [2.05, 4.69) is 6.92 Å². The first-order chi connectivity index (χ1) is 6.64. The van der Waals surface area contributed by atoms with Crippen LogP contribution in [0, 0.1) is 5.92 Å². The molecule has 0 bridgehead atoms. The SMILES string of the molecule is COCC(=O)C1(OC)CCCC(C)C1. The Labute approximate surface area is 85.8 Å². The Morgan fingerprint density at radius 1 is 1.50 bits per heavy atom. The van der Waals surface area contributed by atoms with Crippen molar-refractivity contribution in [3.05, 3.63) is 0 Å². The van der Waals surface area contributed by atoms with Crippen LogP contribution < -0.4 is 0 Å². The molecule has 0 aromatic carbocycles. The summed E-state index contributed by atoms with van der Waals surface area (Å²) in [6.45, 7) is 2.34. The molecule has 2 atom stereocenters. The molecule has 0 saturated heterocycles. The third kappa shape index (κ3) is 2.34. The topological polar surface area (TPSA) is 35.5 Å². The lowest BCUT2D eigenvalue weighted by Crippen LogP contribution is -2.46. The fourth-order valence-electron chi connectivity index (χ4n) is 2.32. The number of methoxy groups -OCH3 is 2. The molecule has 0 radical (unpaired) electrons. The highest BCUT2D eigenvalue weighted by atomic mass is 16.5. The largest absolute Gasteiger partial charge is 0.377 e. The molecule has 0 amide bonds. The normalized spacial score (nSPS) is 32.9. The molecule has 82 valence electrons. The Kier molecular flexibility index (Phi) is 4.08. The highest BCUT2D eigenvalue weighted by Crippen LogP contribution is 2.35. The second-order valence-electron chi connectivity index (χ2n) is 4.26. The zero-order chi connectivity index (χ0) is 10.6. The van der Waals surface area contributed by atoms with Crippen molar-refractivity contribution in [1.82, 2.24) is 0 Å².